The molecule has 0 fully saturated rings. The number of hydrogen-bond acceptors (Lipinski definition) is 6. The summed E-state index contributed by atoms with van der Waals surface area (Å²) in [4.78, 5) is 12.4. The third kappa shape index (κ3) is 8.93. The van der Waals surface area contributed by atoms with Crippen LogP contribution in [0.15, 0.2) is 6.08 Å². The number of rotatable bonds is 17. The van der Waals surface area contributed by atoms with Gasteiger partial charge in [0.15, 0.2) is 0 Å². The summed E-state index contributed by atoms with van der Waals surface area (Å²) in [6, 6.07) is 0. The van der Waals surface area contributed by atoms with Crippen LogP contribution < -0.4 is 4.74 Å². The zero-order valence-electron chi connectivity index (χ0n) is 22.3. The minimum absolute atomic E-state index is 0.0792. The highest BCUT2D eigenvalue weighted by Crippen LogP contribution is 2.30. The van der Waals surface area contributed by atoms with Gasteiger partial charge in [-0.05, 0) is 40.0 Å². The van der Waals surface area contributed by atoms with E-state index in [0.717, 1.165) is 80.7 Å². The maximum atomic E-state index is 12.4. The van der Waals surface area contributed by atoms with E-state index >= 15 is 0 Å². The summed E-state index contributed by atoms with van der Waals surface area (Å²) in [7, 11) is 2.15. The van der Waals surface area contributed by atoms with Gasteiger partial charge in [0.05, 0.1) is 58.1 Å². The van der Waals surface area contributed by atoms with Gasteiger partial charge in [0.1, 0.15) is 12.2 Å². The summed E-state index contributed by atoms with van der Waals surface area (Å²) >= 11 is 1.20. The van der Waals surface area contributed by atoms with Gasteiger partial charge in [0.25, 0.3) is 5.88 Å². The second-order valence-electron chi connectivity index (χ2n) is 9.96. The third-order valence-electron chi connectivity index (χ3n) is 7.42. The molecule has 1 aliphatic heterocycles. The smallest absolute Gasteiger partial charge is 0.310 e. The fourth-order valence-electron chi connectivity index (χ4n) is 4.72. The van der Waals surface area contributed by atoms with Gasteiger partial charge in [-0.3, -0.25) is 9.28 Å². The normalized spacial score (nSPS) is 18.6. The lowest BCUT2D eigenvalue weighted by Crippen LogP contribution is -2.49. The monoisotopic (exact) mass is 496 g/mol. The summed E-state index contributed by atoms with van der Waals surface area (Å²) in [5, 5.41) is 0. The van der Waals surface area contributed by atoms with Crippen LogP contribution >= 0.6 is 11.7 Å². The number of quaternary nitrogens is 2. The highest BCUT2D eigenvalue weighted by molar-refractivity contribution is 6.99. The Bertz CT molecular complexity index is 755. The third-order valence-corrected chi connectivity index (χ3v) is 7.94. The minimum atomic E-state index is -0.0792. The van der Waals surface area contributed by atoms with E-state index in [1.807, 2.05) is 0 Å². The molecule has 0 saturated carbocycles. The van der Waals surface area contributed by atoms with Crippen LogP contribution in [0.1, 0.15) is 84.8 Å². The molecule has 0 bridgehead atoms. The molecule has 0 amide bonds. The van der Waals surface area contributed by atoms with Crippen molar-refractivity contribution in [3.63, 3.8) is 0 Å². The molecule has 1 aromatic heterocycles. The topological polar surface area (TPSA) is 61.3 Å². The Kier molecular flexibility index (Phi) is 12.5. The number of esters is 1. The van der Waals surface area contributed by atoms with Gasteiger partial charge in [-0.2, -0.15) is 4.37 Å². The number of hydrogen-bond donors (Lipinski definition) is 0. The van der Waals surface area contributed by atoms with Crippen molar-refractivity contribution in [2.45, 2.75) is 79.1 Å². The lowest BCUT2D eigenvalue weighted by atomic mass is 10.1. The van der Waals surface area contributed by atoms with E-state index in [2.05, 4.69) is 49.6 Å². The predicted molar refractivity (Wildman–Crippen MR) is 140 cm³/mol. The van der Waals surface area contributed by atoms with Gasteiger partial charge in [0, 0.05) is 18.4 Å². The van der Waals surface area contributed by atoms with Crippen molar-refractivity contribution in [2.24, 2.45) is 0 Å². The molecule has 0 aliphatic carbocycles. The summed E-state index contributed by atoms with van der Waals surface area (Å²) < 4.78 is 22.4. The maximum Gasteiger partial charge on any atom is 0.310 e. The Labute approximate surface area is 211 Å². The van der Waals surface area contributed by atoms with E-state index in [0.29, 0.717) is 30.1 Å². The number of aromatic nitrogens is 2. The average molecular weight is 497 g/mol. The van der Waals surface area contributed by atoms with Crippen molar-refractivity contribution >= 4 is 23.3 Å². The Morgan fingerprint density at radius 1 is 1.06 bits per heavy atom. The van der Waals surface area contributed by atoms with Gasteiger partial charge in [-0.1, -0.05) is 32.3 Å². The molecule has 2 heterocycles. The first kappa shape index (κ1) is 28.7. The van der Waals surface area contributed by atoms with E-state index in [9.17, 15) is 4.79 Å². The molecule has 1 atom stereocenters. The van der Waals surface area contributed by atoms with Crippen LogP contribution in [-0.2, 0) is 9.53 Å². The molecular formula is C26H48N4O3S+2. The van der Waals surface area contributed by atoms with Crippen molar-refractivity contribution in [2.75, 3.05) is 59.7 Å². The highest BCUT2D eigenvalue weighted by Gasteiger charge is 2.31. The van der Waals surface area contributed by atoms with Gasteiger partial charge in [0.2, 0.25) is 6.73 Å². The largest absolute Gasteiger partial charge is 0.475 e. The molecule has 1 aliphatic rings. The second kappa shape index (κ2) is 14.8. The predicted octanol–water partition coefficient (Wildman–Crippen LogP) is 5.28. The molecule has 0 spiro atoms. The first-order chi connectivity index (χ1) is 16.4. The van der Waals surface area contributed by atoms with E-state index in [1.54, 1.807) is 0 Å². The number of unbranched alkanes of at least 4 members (excludes halogenated alkanes) is 4. The van der Waals surface area contributed by atoms with Gasteiger partial charge < -0.3 is 14.0 Å². The Morgan fingerprint density at radius 3 is 2.53 bits per heavy atom. The molecular weight excluding hydrogens is 448 g/mol. The van der Waals surface area contributed by atoms with Crippen LogP contribution in [0.2, 0.25) is 0 Å². The van der Waals surface area contributed by atoms with Crippen LogP contribution in [0.5, 0.6) is 5.88 Å². The molecule has 2 rings (SSSR count). The first-order valence-corrected chi connectivity index (χ1v) is 14.1. The molecule has 0 N–H and O–H groups in total. The van der Waals surface area contributed by atoms with Crippen LogP contribution in [0.25, 0.3) is 5.57 Å². The second-order valence-corrected chi connectivity index (χ2v) is 10.5. The molecule has 8 heteroatoms. The highest BCUT2D eigenvalue weighted by atomic mass is 32.1. The molecule has 1 aromatic rings. The van der Waals surface area contributed by atoms with Gasteiger partial charge >= 0.3 is 5.97 Å². The van der Waals surface area contributed by atoms with E-state index in [-0.39, 0.29) is 5.97 Å². The van der Waals surface area contributed by atoms with Crippen LogP contribution in [0, 0.1) is 0 Å². The Hall–Kier alpha value is -1.51. The maximum absolute atomic E-state index is 12.4. The summed E-state index contributed by atoms with van der Waals surface area (Å²) in [6.07, 6.45) is 10.3. The number of carbonyl (C=O) groups excluding carboxylic acids is 1. The molecule has 7 nitrogen and oxygen atoms in total. The number of carbonyl (C=O) groups is 1. The Morgan fingerprint density at radius 2 is 1.82 bits per heavy atom. The number of likely N-dealkylation sites (N-methyl/N-ethyl adjacent to an activating group) is 1. The molecule has 194 valence electrons. The molecule has 1 unspecified atom stereocenters. The fraction of sp³-hybridized carbons (Fsp3) is 0.808. The van der Waals surface area contributed by atoms with E-state index in [4.69, 9.17) is 9.47 Å². The van der Waals surface area contributed by atoms with Crippen LogP contribution in [-0.4, -0.2) is 83.3 Å². The quantitative estimate of drug-likeness (QED) is 0.167. The zero-order valence-corrected chi connectivity index (χ0v) is 23.1. The van der Waals surface area contributed by atoms with Crippen LogP contribution in [0.3, 0.4) is 0 Å². The van der Waals surface area contributed by atoms with Crippen molar-refractivity contribution < 1.29 is 23.2 Å². The molecule has 0 saturated heterocycles. The van der Waals surface area contributed by atoms with Crippen molar-refractivity contribution in [3.8, 4) is 5.88 Å². The standard InChI is InChI=1S/C26H48N4O3S/c1-6-10-11-14-20-32-26-25(27-34-28-26)23-16-15-18-29(5,21-23)22-33-24(31)17-12-13-19-30(7-2,8-3)9-4/h16H,6-15,17-22H2,1-5H3/q+2. The number of ether oxygens (including phenoxy) is 2. The van der Waals surface area contributed by atoms with E-state index < -0.39 is 0 Å². The molecule has 0 aromatic carbocycles. The van der Waals surface area contributed by atoms with Crippen molar-refractivity contribution in [3.05, 3.63) is 11.8 Å². The van der Waals surface area contributed by atoms with Crippen molar-refractivity contribution in [1.29, 1.82) is 0 Å². The van der Waals surface area contributed by atoms with Crippen molar-refractivity contribution in [1.82, 2.24) is 8.75 Å². The Balaban J connectivity index is 1.78. The summed E-state index contributed by atoms with van der Waals surface area (Å²) in [5.74, 6) is 0.573. The number of nitrogens with zero attached hydrogens (tertiary/aromatic N) is 4. The summed E-state index contributed by atoms with van der Waals surface area (Å²) in [5.41, 5.74) is 2.01. The van der Waals surface area contributed by atoms with E-state index in [1.165, 1.54) is 31.0 Å². The molecule has 0 radical (unpaired) electrons. The average Bonchev–Trinajstić information content (AvgIpc) is 3.32. The fourth-order valence-corrected chi connectivity index (χ4v) is 5.25. The molecule has 34 heavy (non-hydrogen) atoms. The minimum Gasteiger partial charge on any atom is -0.475 e. The first-order valence-electron chi connectivity index (χ1n) is 13.4. The van der Waals surface area contributed by atoms with Gasteiger partial charge in [-0.15, -0.1) is 4.37 Å². The lowest BCUT2D eigenvalue weighted by molar-refractivity contribution is -0.923. The van der Waals surface area contributed by atoms with Gasteiger partial charge in [-0.25, -0.2) is 0 Å². The summed E-state index contributed by atoms with van der Waals surface area (Å²) in [6.45, 7) is 16.4. The lowest BCUT2D eigenvalue weighted by Gasteiger charge is -2.36. The SMILES string of the molecule is CCCCCCOc1nsnc1C1=CCC[N+](C)(COC(=O)CCCC[N+](CC)(CC)CC)C1. The van der Waals surface area contributed by atoms with Crippen LogP contribution in [0.4, 0.5) is 0 Å². The zero-order chi connectivity index (χ0) is 24.9.